The van der Waals surface area contributed by atoms with Gasteiger partial charge in [-0.2, -0.15) is 5.10 Å². The summed E-state index contributed by atoms with van der Waals surface area (Å²) in [6, 6.07) is 6.93. The van der Waals surface area contributed by atoms with Gasteiger partial charge in [0.25, 0.3) is 0 Å². The van der Waals surface area contributed by atoms with Crippen molar-refractivity contribution in [3.8, 4) is 11.3 Å². The molecule has 0 bridgehead atoms. The summed E-state index contributed by atoms with van der Waals surface area (Å²) in [5.74, 6) is 0.748. The number of nitrogens with one attached hydrogen (secondary N) is 1. The number of carbonyl (C=O) groups is 1. The Morgan fingerprint density at radius 1 is 1.00 bits per heavy atom. The molecule has 1 aliphatic heterocycles. The maximum Gasteiger partial charge on any atom is 1.00 e. The summed E-state index contributed by atoms with van der Waals surface area (Å²) in [6.07, 6.45) is 6.60. The average molecular weight is 501 g/mol. The van der Waals surface area contributed by atoms with Crippen molar-refractivity contribution in [2.45, 2.75) is 0 Å². The summed E-state index contributed by atoms with van der Waals surface area (Å²) >= 11 is 0. The Labute approximate surface area is 232 Å². The molecule has 3 N–H and O–H groups in total. The fourth-order valence-corrected chi connectivity index (χ4v) is 3.40. The Kier molecular flexibility index (Phi) is 7.21. The number of anilines is 3. The van der Waals surface area contributed by atoms with Gasteiger partial charge >= 0.3 is 58.2 Å². The number of nitrogens with zero attached hydrogens (tertiary/aromatic N) is 8. The molecule has 0 radical (unpaired) electrons. The number of fused-ring (bicyclic) bond motifs is 1. The molecule has 0 aliphatic carbocycles. The van der Waals surface area contributed by atoms with Crippen LogP contribution in [0.25, 0.3) is 22.2 Å². The molecule has 12 heteroatoms. The second kappa shape index (κ2) is 10.1. The van der Waals surface area contributed by atoms with E-state index in [-0.39, 0.29) is 58.2 Å². The molecule has 1 aromatic carbocycles. The topological polar surface area (TPSA) is 141 Å². The van der Waals surface area contributed by atoms with E-state index in [0.29, 0.717) is 28.7 Å². The van der Waals surface area contributed by atoms with E-state index < -0.39 is 5.91 Å². The van der Waals surface area contributed by atoms with Gasteiger partial charge in [0.1, 0.15) is 6.33 Å². The minimum Gasteiger partial charge on any atom is -0.659 e. The first kappa shape index (κ1) is 22.9. The van der Waals surface area contributed by atoms with Gasteiger partial charge in [0.05, 0.1) is 30.0 Å². The first-order chi connectivity index (χ1) is 15.2. The third-order valence-electron chi connectivity index (χ3n) is 5.01. The summed E-state index contributed by atoms with van der Waals surface area (Å²) in [7, 11) is 0. The standard InChI is InChI=1S/C20H19N10O.Rb/c21-17(31)14-3-1-13(2-4-14)16-11-23-18(19-26-12-27-30(16)19)28-15-9-24-20(25-10-15)29-7-5-22-6-8-29;/h1-4,9-12H,5-8H2,(H2,21,31)(H,23,28);/q-1;+1. The molecule has 1 aliphatic rings. The molecule has 5 rings (SSSR count). The van der Waals surface area contributed by atoms with Crippen LogP contribution in [0.3, 0.4) is 0 Å². The Morgan fingerprint density at radius 3 is 2.41 bits per heavy atom. The van der Waals surface area contributed by atoms with Gasteiger partial charge in [0.15, 0.2) is 11.5 Å². The van der Waals surface area contributed by atoms with Crippen molar-refractivity contribution in [1.29, 1.82) is 0 Å². The zero-order valence-corrected chi connectivity index (χ0v) is 22.4. The quantitative estimate of drug-likeness (QED) is 0.341. The van der Waals surface area contributed by atoms with Crippen molar-refractivity contribution < 1.29 is 63.0 Å². The van der Waals surface area contributed by atoms with E-state index >= 15 is 0 Å². The largest absolute Gasteiger partial charge is 1.00 e. The van der Waals surface area contributed by atoms with Gasteiger partial charge in [-0.1, -0.05) is 12.1 Å². The van der Waals surface area contributed by atoms with Crippen molar-refractivity contribution in [2.75, 3.05) is 36.4 Å². The van der Waals surface area contributed by atoms with Gasteiger partial charge in [0.2, 0.25) is 11.9 Å². The van der Waals surface area contributed by atoms with Crippen molar-refractivity contribution in [3.05, 3.63) is 60.1 Å². The maximum absolute atomic E-state index is 11.3. The van der Waals surface area contributed by atoms with Crippen molar-refractivity contribution in [3.63, 3.8) is 0 Å². The number of piperazine rings is 1. The first-order valence-corrected chi connectivity index (χ1v) is 9.75. The van der Waals surface area contributed by atoms with E-state index in [2.05, 4.69) is 40.6 Å². The third-order valence-corrected chi connectivity index (χ3v) is 5.01. The Hall–Kier alpha value is -2.31. The fraction of sp³-hybridized carbons (Fsp3) is 0.200. The predicted molar refractivity (Wildman–Crippen MR) is 115 cm³/mol. The van der Waals surface area contributed by atoms with Crippen LogP contribution in [0.1, 0.15) is 10.4 Å². The first-order valence-electron chi connectivity index (χ1n) is 9.75. The molecule has 0 unspecified atom stereocenters. The normalized spacial score (nSPS) is 13.6. The zero-order chi connectivity index (χ0) is 21.2. The van der Waals surface area contributed by atoms with E-state index in [1.165, 1.54) is 6.33 Å². The fourth-order valence-electron chi connectivity index (χ4n) is 3.40. The number of nitrogens with two attached hydrogens (primary N) is 1. The molecule has 32 heavy (non-hydrogen) atoms. The number of hydrogen-bond donors (Lipinski definition) is 2. The molecule has 4 heterocycles. The van der Waals surface area contributed by atoms with E-state index in [0.717, 1.165) is 37.4 Å². The van der Waals surface area contributed by atoms with E-state index in [1.54, 1.807) is 47.4 Å². The molecule has 156 valence electrons. The summed E-state index contributed by atoms with van der Waals surface area (Å²) in [5.41, 5.74) is 8.57. The van der Waals surface area contributed by atoms with Crippen LogP contribution in [0.5, 0.6) is 0 Å². The van der Waals surface area contributed by atoms with E-state index in [4.69, 9.17) is 5.73 Å². The monoisotopic (exact) mass is 500 g/mol. The van der Waals surface area contributed by atoms with Gasteiger partial charge in [-0.15, -0.1) is 13.1 Å². The number of aromatic nitrogens is 6. The summed E-state index contributed by atoms with van der Waals surface area (Å²) in [4.78, 5) is 31.2. The van der Waals surface area contributed by atoms with Crippen LogP contribution >= 0.6 is 0 Å². The third kappa shape index (κ3) is 4.71. The van der Waals surface area contributed by atoms with Crippen LogP contribution in [0.15, 0.2) is 49.2 Å². The number of hydrogen-bond acceptors (Lipinski definition) is 8. The molecule has 0 atom stereocenters. The summed E-state index contributed by atoms with van der Waals surface area (Å²) < 4.78 is 1.68. The van der Waals surface area contributed by atoms with E-state index in [1.807, 2.05) is 0 Å². The maximum atomic E-state index is 11.3. The van der Waals surface area contributed by atoms with Gasteiger partial charge < -0.3 is 21.3 Å². The smallest absolute Gasteiger partial charge is 0.659 e. The molecule has 4 aromatic rings. The van der Waals surface area contributed by atoms with Crippen LogP contribution in [0, 0.1) is 0 Å². The number of benzene rings is 1. The van der Waals surface area contributed by atoms with Crippen molar-refractivity contribution >= 4 is 29.0 Å². The predicted octanol–water partition coefficient (Wildman–Crippen LogP) is -1.38. The molecular weight excluding hydrogens is 482 g/mol. The van der Waals surface area contributed by atoms with Gasteiger partial charge in [-0.25, -0.2) is 24.5 Å². The van der Waals surface area contributed by atoms with Crippen molar-refractivity contribution in [1.82, 2.24) is 29.5 Å². The molecule has 0 spiro atoms. The van der Waals surface area contributed by atoms with Crippen LogP contribution < -0.4 is 74.1 Å². The van der Waals surface area contributed by atoms with Crippen molar-refractivity contribution in [2.24, 2.45) is 5.73 Å². The minimum atomic E-state index is -0.473. The Morgan fingerprint density at radius 2 is 1.72 bits per heavy atom. The summed E-state index contributed by atoms with van der Waals surface area (Å²) in [5, 5.41) is 11.9. The number of primary amides is 1. The van der Waals surface area contributed by atoms with Gasteiger partial charge in [0, 0.05) is 24.2 Å². The molecule has 0 saturated carbocycles. The Balaban J connectivity index is 0.00000245. The Bertz CT molecular complexity index is 1220. The number of rotatable bonds is 5. The second-order valence-corrected chi connectivity index (χ2v) is 6.98. The molecular formula is C20H19N10ORb. The molecule has 1 amide bonds. The van der Waals surface area contributed by atoms with Crippen LogP contribution in [-0.2, 0) is 0 Å². The van der Waals surface area contributed by atoms with Crippen LogP contribution in [0.2, 0.25) is 0 Å². The molecule has 3 aromatic heterocycles. The molecule has 1 fully saturated rings. The van der Waals surface area contributed by atoms with E-state index in [9.17, 15) is 4.79 Å². The molecule has 1 saturated heterocycles. The summed E-state index contributed by atoms with van der Waals surface area (Å²) in [6.45, 7) is 3.26. The second-order valence-electron chi connectivity index (χ2n) is 6.98. The molecule has 11 nitrogen and oxygen atoms in total. The average Bonchev–Trinajstić information content (AvgIpc) is 3.31. The number of amides is 1. The zero-order valence-electron chi connectivity index (χ0n) is 17.5. The minimum absolute atomic E-state index is 0. The number of carbonyl (C=O) groups excluding carboxylic acids is 1. The van der Waals surface area contributed by atoms with Gasteiger partial charge in [-0.05, 0) is 12.1 Å². The van der Waals surface area contributed by atoms with Crippen LogP contribution in [0.4, 0.5) is 17.5 Å². The SMILES string of the molecule is NC(=O)c1ccc(-c2cnc(Nc3cnc(N4CC[N-]CC4)nc3)c3ncnn23)cc1.[Rb+]. The van der Waals surface area contributed by atoms with Gasteiger partial charge in [-0.3, -0.25) is 4.79 Å². The van der Waals surface area contributed by atoms with Crippen LogP contribution in [-0.4, -0.2) is 61.6 Å².